The molecule has 80 valence electrons. The van der Waals surface area contributed by atoms with Crippen LogP contribution in [0.15, 0.2) is 0 Å². The molecule has 1 aromatic rings. The molecule has 0 bridgehead atoms. The van der Waals surface area contributed by atoms with Crippen molar-refractivity contribution in [2.24, 2.45) is 7.05 Å². The minimum atomic E-state index is -0.285. The van der Waals surface area contributed by atoms with Crippen molar-refractivity contribution in [2.45, 2.75) is 39.0 Å². The summed E-state index contributed by atoms with van der Waals surface area (Å²) in [7, 11) is 1.73. The van der Waals surface area contributed by atoms with Crippen LogP contribution in [0.4, 0.5) is 0 Å². The maximum Gasteiger partial charge on any atom is 0.188 e. The number of aryl methyl sites for hydroxylation is 1. The van der Waals surface area contributed by atoms with Gasteiger partial charge in [-0.25, -0.2) is 0 Å². The first-order valence-electron chi connectivity index (χ1n) is 4.72. The number of aliphatic hydroxyl groups excluding tert-OH is 1. The van der Waals surface area contributed by atoms with Gasteiger partial charge in [-0.05, 0) is 25.5 Å². The first-order valence-corrected chi connectivity index (χ1v) is 4.72. The number of hydrogen-bond donors (Lipinski definition) is 2. The normalized spacial score (nSPS) is 15.4. The molecule has 0 radical (unpaired) electrons. The molecular formula is C8H17N5O. The molecule has 0 fully saturated rings. The number of nitrogens with one attached hydrogen (secondary N) is 1. The molecule has 1 rings (SSSR count). The largest absolute Gasteiger partial charge is 0.393 e. The average Bonchev–Trinajstić information content (AvgIpc) is 2.47. The number of tetrazole rings is 1. The van der Waals surface area contributed by atoms with Crippen LogP contribution in [0.3, 0.4) is 0 Å². The van der Waals surface area contributed by atoms with Gasteiger partial charge in [-0.3, -0.25) is 0 Å². The first-order chi connectivity index (χ1) is 6.58. The molecule has 14 heavy (non-hydrogen) atoms. The Hall–Kier alpha value is -1.01. The fourth-order valence-corrected chi connectivity index (χ4v) is 1.25. The van der Waals surface area contributed by atoms with Crippen molar-refractivity contribution in [2.75, 3.05) is 0 Å². The van der Waals surface area contributed by atoms with Crippen LogP contribution in [0, 0.1) is 0 Å². The van der Waals surface area contributed by atoms with Gasteiger partial charge in [0.1, 0.15) is 0 Å². The third-order valence-corrected chi connectivity index (χ3v) is 1.85. The third kappa shape index (κ3) is 3.80. The number of nitrogens with zero attached hydrogens (tertiary/aromatic N) is 4. The fourth-order valence-electron chi connectivity index (χ4n) is 1.25. The van der Waals surface area contributed by atoms with E-state index >= 15 is 0 Å². The van der Waals surface area contributed by atoms with Crippen molar-refractivity contribution < 1.29 is 5.11 Å². The summed E-state index contributed by atoms with van der Waals surface area (Å²) in [6.45, 7) is 4.38. The van der Waals surface area contributed by atoms with E-state index in [1.165, 1.54) is 4.80 Å². The molecule has 0 amide bonds. The zero-order valence-corrected chi connectivity index (χ0v) is 8.80. The van der Waals surface area contributed by atoms with Crippen molar-refractivity contribution in [3.63, 3.8) is 0 Å². The summed E-state index contributed by atoms with van der Waals surface area (Å²) < 4.78 is 0. The number of rotatable bonds is 5. The Kier molecular flexibility index (Phi) is 3.97. The summed E-state index contributed by atoms with van der Waals surface area (Å²) in [6.07, 6.45) is 0.438. The van der Waals surface area contributed by atoms with Gasteiger partial charge in [-0.1, -0.05) is 0 Å². The van der Waals surface area contributed by atoms with Gasteiger partial charge in [0.2, 0.25) is 0 Å². The number of aliphatic hydroxyl groups is 1. The summed E-state index contributed by atoms with van der Waals surface area (Å²) in [4.78, 5) is 1.43. The van der Waals surface area contributed by atoms with E-state index in [9.17, 15) is 0 Å². The quantitative estimate of drug-likeness (QED) is 0.666. The van der Waals surface area contributed by atoms with Gasteiger partial charge in [0.05, 0.1) is 19.7 Å². The van der Waals surface area contributed by atoms with Crippen LogP contribution in [-0.4, -0.2) is 37.5 Å². The highest BCUT2D eigenvalue weighted by atomic mass is 16.3. The van der Waals surface area contributed by atoms with E-state index in [0.29, 0.717) is 12.4 Å². The van der Waals surface area contributed by atoms with Crippen LogP contribution in [0.5, 0.6) is 0 Å². The maximum absolute atomic E-state index is 9.14. The van der Waals surface area contributed by atoms with E-state index in [1.807, 2.05) is 6.92 Å². The molecule has 0 saturated heterocycles. The molecule has 2 atom stereocenters. The summed E-state index contributed by atoms with van der Waals surface area (Å²) >= 11 is 0. The minimum Gasteiger partial charge on any atom is -0.393 e. The van der Waals surface area contributed by atoms with E-state index in [2.05, 4.69) is 20.7 Å². The van der Waals surface area contributed by atoms with Gasteiger partial charge in [0.25, 0.3) is 0 Å². The van der Waals surface area contributed by atoms with Gasteiger partial charge in [0, 0.05) is 6.04 Å². The molecule has 6 heteroatoms. The van der Waals surface area contributed by atoms with E-state index in [-0.39, 0.29) is 12.1 Å². The molecule has 0 aromatic carbocycles. The van der Waals surface area contributed by atoms with Crippen molar-refractivity contribution in [3.8, 4) is 0 Å². The third-order valence-electron chi connectivity index (χ3n) is 1.85. The summed E-state index contributed by atoms with van der Waals surface area (Å²) in [5.74, 6) is 0.671. The Morgan fingerprint density at radius 3 is 2.71 bits per heavy atom. The van der Waals surface area contributed by atoms with E-state index < -0.39 is 0 Å². The molecule has 1 heterocycles. The molecule has 0 aliphatic heterocycles. The van der Waals surface area contributed by atoms with Crippen molar-refractivity contribution in [1.29, 1.82) is 0 Å². The van der Waals surface area contributed by atoms with Crippen molar-refractivity contribution >= 4 is 0 Å². The van der Waals surface area contributed by atoms with Crippen LogP contribution >= 0.6 is 0 Å². The molecular weight excluding hydrogens is 182 g/mol. The van der Waals surface area contributed by atoms with Crippen LogP contribution in [-0.2, 0) is 13.6 Å². The predicted molar refractivity (Wildman–Crippen MR) is 51.4 cm³/mol. The van der Waals surface area contributed by atoms with E-state index in [1.54, 1.807) is 14.0 Å². The molecule has 0 aliphatic carbocycles. The molecule has 0 aliphatic rings. The molecule has 0 spiro atoms. The molecule has 2 N–H and O–H groups in total. The highest BCUT2D eigenvalue weighted by Gasteiger charge is 2.07. The number of aromatic nitrogens is 4. The second kappa shape index (κ2) is 5.02. The summed E-state index contributed by atoms with van der Waals surface area (Å²) in [5.41, 5.74) is 0. The molecule has 0 saturated carbocycles. The first kappa shape index (κ1) is 11.1. The van der Waals surface area contributed by atoms with Crippen LogP contribution < -0.4 is 5.32 Å². The Bertz CT molecular complexity index is 272. The number of hydrogen-bond acceptors (Lipinski definition) is 5. The summed E-state index contributed by atoms with van der Waals surface area (Å²) in [5, 5.41) is 23.9. The van der Waals surface area contributed by atoms with Crippen LogP contribution in [0.2, 0.25) is 0 Å². The van der Waals surface area contributed by atoms with Crippen molar-refractivity contribution in [3.05, 3.63) is 5.82 Å². The second-order valence-corrected chi connectivity index (χ2v) is 3.56. The van der Waals surface area contributed by atoms with E-state index in [4.69, 9.17) is 5.11 Å². The Balaban J connectivity index is 2.26. The lowest BCUT2D eigenvalue weighted by Crippen LogP contribution is -2.29. The highest BCUT2D eigenvalue weighted by molar-refractivity contribution is 4.77. The van der Waals surface area contributed by atoms with Gasteiger partial charge in [-0.15, -0.1) is 10.2 Å². The van der Waals surface area contributed by atoms with E-state index in [0.717, 1.165) is 6.42 Å². The van der Waals surface area contributed by atoms with Gasteiger partial charge in [0.15, 0.2) is 5.82 Å². The molecule has 2 unspecified atom stereocenters. The van der Waals surface area contributed by atoms with Gasteiger partial charge < -0.3 is 10.4 Å². The lowest BCUT2D eigenvalue weighted by molar-refractivity contribution is 0.170. The SMILES string of the molecule is CC(O)CC(C)NCc1nnn(C)n1. The van der Waals surface area contributed by atoms with Crippen LogP contribution in [0.25, 0.3) is 0 Å². The average molecular weight is 199 g/mol. The Morgan fingerprint density at radius 2 is 2.21 bits per heavy atom. The van der Waals surface area contributed by atoms with Crippen molar-refractivity contribution in [1.82, 2.24) is 25.5 Å². The zero-order valence-electron chi connectivity index (χ0n) is 8.80. The fraction of sp³-hybridized carbons (Fsp3) is 0.875. The smallest absolute Gasteiger partial charge is 0.188 e. The van der Waals surface area contributed by atoms with Gasteiger partial charge >= 0.3 is 0 Å². The van der Waals surface area contributed by atoms with Gasteiger partial charge in [-0.2, -0.15) is 4.80 Å². The Labute approximate surface area is 83.3 Å². The second-order valence-electron chi connectivity index (χ2n) is 3.56. The maximum atomic E-state index is 9.14. The lowest BCUT2D eigenvalue weighted by atomic mass is 10.1. The Morgan fingerprint density at radius 1 is 1.50 bits per heavy atom. The molecule has 6 nitrogen and oxygen atoms in total. The topological polar surface area (TPSA) is 75.9 Å². The highest BCUT2D eigenvalue weighted by Crippen LogP contribution is 1.97. The zero-order chi connectivity index (χ0) is 10.6. The monoisotopic (exact) mass is 199 g/mol. The minimum absolute atomic E-state index is 0.249. The lowest BCUT2D eigenvalue weighted by Gasteiger charge is -2.13. The summed E-state index contributed by atoms with van der Waals surface area (Å²) in [6, 6.07) is 0.249. The van der Waals surface area contributed by atoms with Crippen LogP contribution in [0.1, 0.15) is 26.1 Å². The standard InChI is InChI=1S/C8H17N5O/c1-6(4-7(2)14)9-5-8-10-12-13(3)11-8/h6-7,9,14H,4-5H2,1-3H3. The molecule has 1 aromatic heterocycles. The predicted octanol–water partition coefficient (Wildman–Crippen LogP) is -0.541.